The first-order valence-corrected chi connectivity index (χ1v) is 9.91. The van der Waals surface area contributed by atoms with Gasteiger partial charge in [-0.25, -0.2) is 13.6 Å². The molecule has 1 unspecified atom stereocenters. The summed E-state index contributed by atoms with van der Waals surface area (Å²) in [5.74, 6) is -0.656. The van der Waals surface area contributed by atoms with Gasteiger partial charge in [-0.15, -0.1) is 0 Å². The van der Waals surface area contributed by atoms with Crippen LogP contribution in [-0.2, 0) is 6.54 Å². The van der Waals surface area contributed by atoms with Crippen LogP contribution in [0.3, 0.4) is 0 Å². The molecule has 2 saturated heterocycles. The summed E-state index contributed by atoms with van der Waals surface area (Å²) >= 11 is 0. The van der Waals surface area contributed by atoms with Crippen molar-refractivity contribution in [1.29, 1.82) is 0 Å². The molecule has 28 heavy (non-hydrogen) atoms. The Labute approximate surface area is 163 Å². The zero-order valence-corrected chi connectivity index (χ0v) is 15.7. The SMILES string of the molecule is O=C(Nc1ccccc1F)NC1C[C@H]2CCC[C@@H](C1)N2Cc1ccc(F)cc1. The van der Waals surface area contributed by atoms with Gasteiger partial charge in [-0.2, -0.15) is 0 Å². The van der Waals surface area contributed by atoms with E-state index in [9.17, 15) is 13.6 Å². The molecule has 4 rings (SSSR count). The molecule has 148 valence electrons. The van der Waals surface area contributed by atoms with E-state index in [0.29, 0.717) is 12.1 Å². The standard InChI is InChI=1S/C22H25F2N3O/c23-16-10-8-15(9-11-16)14-27-18-4-3-5-19(27)13-17(12-18)25-22(28)26-21-7-2-1-6-20(21)24/h1-2,6-11,17-19H,3-5,12-14H2,(H2,25,26,28)/t17?,18-,19+. The van der Waals surface area contributed by atoms with E-state index in [-0.39, 0.29) is 23.6 Å². The van der Waals surface area contributed by atoms with Crippen LogP contribution in [0.15, 0.2) is 48.5 Å². The highest BCUT2D eigenvalue weighted by Gasteiger charge is 2.38. The summed E-state index contributed by atoms with van der Waals surface area (Å²) in [6, 6.07) is 13.4. The largest absolute Gasteiger partial charge is 0.335 e. The monoisotopic (exact) mass is 385 g/mol. The third-order valence-corrected chi connectivity index (χ3v) is 5.86. The molecular weight excluding hydrogens is 360 g/mol. The summed E-state index contributed by atoms with van der Waals surface area (Å²) in [5, 5.41) is 5.63. The van der Waals surface area contributed by atoms with Gasteiger partial charge in [0.25, 0.3) is 0 Å². The van der Waals surface area contributed by atoms with Crippen molar-refractivity contribution in [3.05, 3.63) is 65.7 Å². The number of para-hydroxylation sites is 1. The van der Waals surface area contributed by atoms with Gasteiger partial charge in [-0.3, -0.25) is 4.90 Å². The van der Waals surface area contributed by atoms with Crippen LogP contribution in [0.4, 0.5) is 19.3 Å². The lowest BCUT2D eigenvalue weighted by Crippen LogP contribution is -2.56. The number of hydrogen-bond donors (Lipinski definition) is 2. The van der Waals surface area contributed by atoms with E-state index in [1.54, 1.807) is 18.2 Å². The summed E-state index contributed by atoms with van der Waals surface area (Å²) in [6.45, 7) is 0.809. The summed E-state index contributed by atoms with van der Waals surface area (Å²) in [6.07, 6.45) is 5.16. The van der Waals surface area contributed by atoms with E-state index in [1.165, 1.54) is 24.6 Å². The number of carbonyl (C=O) groups excluding carboxylic acids is 1. The molecule has 2 bridgehead atoms. The van der Waals surface area contributed by atoms with E-state index in [0.717, 1.165) is 37.8 Å². The van der Waals surface area contributed by atoms with Gasteiger partial charge >= 0.3 is 6.03 Å². The summed E-state index contributed by atoms with van der Waals surface area (Å²) in [5.41, 5.74) is 1.30. The van der Waals surface area contributed by atoms with Crippen molar-refractivity contribution in [3.63, 3.8) is 0 Å². The second-order valence-electron chi connectivity index (χ2n) is 7.78. The second kappa shape index (κ2) is 8.27. The fourth-order valence-corrected chi connectivity index (χ4v) is 4.56. The maximum atomic E-state index is 13.7. The molecule has 2 heterocycles. The van der Waals surface area contributed by atoms with Crippen molar-refractivity contribution in [3.8, 4) is 0 Å². The Kier molecular flexibility index (Phi) is 5.57. The number of nitrogens with one attached hydrogen (secondary N) is 2. The number of halogens is 2. The number of urea groups is 1. The zero-order chi connectivity index (χ0) is 19.5. The van der Waals surface area contributed by atoms with E-state index in [1.807, 2.05) is 12.1 Å². The first kappa shape index (κ1) is 18.9. The van der Waals surface area contributed by atoms with Crippen molar-refractivity contribution >= 4 is 11.7 Å². The number of carbonyl (C=O) groups is 1. The van der Waals surface area contributed by atoms with Crippen molar-refractivity contribution in [2.75, 3.05) is 5.32 Å². The highest BCUT2D eigenvalue weighted by atomic mass is 19.1. The first-order valence-electron chi connectivity index (χ1n) is 9.91. The summed E-state index contributed by atoms with van der Waals surface area (Å²) in [7, 11) is 0. The zero-order valence-electron chi connectivity index (χ0n) is 15.7. The average molecular weight is 385 g/mol. The maximum Gasteiger partial charge on any atom is 0.319 e. The Balaban J connectivity index is 1.37. The lowest BCUT2D eigenvalue weighted by Gasteiger charge is -2.49. The highest BCUT2D eigenvalue weighted by molar-refractivity contribution is 5.89. The van der Waals surface area contributed by atoms with Crippen LogP contribution in [0.5, 0.6) is 0 Å². The van der Waals surface area contributed by atoms with Gasteiger partial charge in [0.2, 0.25) is 0 Å². The Morgan fingerprint density at radius 3 is 2.36 bits per heavy atom. The van der Waals surface area contributed by atoms with Crippen LogP contribution in [0, 0.1) is 11.6 Å². The predicted molar refractivity (Wildman–Crippen MR) is 105 cm³/mol. The minimum Gasteiger partial charge on any atom is -0.335 e. The molecule has 2 aliphatic rings. The van der Waals surface area contributed by atoms with E-state index < -0.39 is 5.82 Å². The first-order chi connectivity index (χ1) is 13.6. The normalized spacial score (nSPS) is 24.6. The van der Waals surface area contributed by atoms with Crippen LogP contribution >= 0.6 is 0 Å². The number of nitrogens with zero attached hydrogens (tertiary/aromatic N) is 1. The molecule has 2 N–H and O–H groups in total. The topological polar surface area (TPSA) is 44.4 Å². The third kappa shape index (κ3) is 4.33. The molecular formula is C22H25F2N3O. The molecule has 0 spiro atoms. The van der Waals surface area contributed by atoms with E-state index in [4.69, 9.17) is 0 Å². The van der Waals surface area contributed by atoms with Crippen LogP contribution in [0.25, 0.3) is 0 Å². The van der Waals surface area contributed by atoms with Crippen LogP contribution in [0.1, 0.15) is 37.7 Å². The van der Waals surface area contributed by atoms with Gasteiger partial charge in [0.1, 0.15) is 11.6 Å². The number of anilines is 1. The van der Waals surface area contributed by atoms with E-state index >= 15 is 0 Å². The number of rotatable bonds is 4. The number of benzene rings is 2. The van der Waals surface area contributed by atoms with Gasteiger partial charge < -0.3 is 10.6 Å². The van der Waals surface area contributed by atoms with E-state index in [2.05, 4.69) is 15.5 Å². The lowest BCUT2D eigenvalue weighted by molar-refractivity contribution is 0.0200. The molecule has 2 aromatic carbocycles. The van der Waals surface area contributed by atoms with Crippen molar-refractivity contribution in [2.24, 2.45) is 0 Å². The van der Waals surface area contributed by atoms with Crippen LogP contribution < -0.4 is 10.6 Å². The predicted octanol–water partition coefficient (Wildman–Crippen LogP) is 4.67. The average Bonchev–Trinajstić information content (AvgIpc) is 2.66. The van der Waals surface area contributed by atoms with Gasteiger partial charge in [0.15, 0.2) is 0 Å². The Hall–Kier alpha value is -2.47. The molecule has 6 heteroatoms. The van der Waals surface area contributed by atoms with Crippen LogP contribution in [-0.4, -0.2) is 29.1 Å². The van der Waals surface area contributed by atoms with Gasteiger partial charge in [0.05, 0.1) is 5.69 Å². The summed E-state index contributed by atoms with van der Waals surface area (Å²) in [4.78, 5) is 14.8. The number of hydrogen-bond acceptors (Lipinski definition) is 2. The fraction of sp³-hybridized carbons (Fsp3) is 0.409. The minimum atomic E-state index is -0.441. The molecule has 4 nitrogen and oxygen atoms in total. The van der Waals surface area contributed by atoms with Crippen LogP contribution in [0.2, 0.25) is 0 Å². The molecule has 2 fully saturated rings. The number of fused-ring (bicyclic) bond motifs is 2. The quantitative estimate of drug-likeness (QED) is 0.803. The molecule has 0 saturated carbocycles. The van der Waals surface area contributed by atoms with Gasteiger partial charge in [0, 0.05) is 24.7 Å². The fourth-order valence-electron chi connectivity index (χ4n) is 4.56. The highest BCUT2D eigenvalue weighted by Crippen LogP contribution is 2.35. The van der Waals surface area contributed by atoms with Crippen molar-refractivity contribution in [2.45, 2.75) is 56.8 Å². The summed E-state index contributed by atoms with van der Waals surface area (Å²) < 4.78 is 26.9. The minimum absolute atomic E-state index is 0.0755. The Morgan fingerprint density at radius 2 is 1.68 bits per heavy atom. The molecule has 0 aliphatic carbocycles. The molecule has 0 aromatic heterocycles. The number of piperidine rings is 2. The Bertz CT molecular complexity index is 813. The molecule has 2 aliphatic heterocycles. The third-order valence-electron chi connectivity index (χ3n) is 5.86. The number of amides is 2. The smallest absolute Gasteiger partial charge is 0.319 e. The van der Waals surface area contributed by atoms with Crippen molar-refractivity contribution in [1.82, 2.24) is 10.2 Å². The molecule has 2 aromatic rings. The second-order valence-corrected chi connectivity index (χ2v) is 7.78. The maximum absolute atomic E-state index is 13.7. The molecule has 2 amide bonds. The van der Waals surface area contributed by atoms with Gasteiger partial charge in [-0.05, 0) is 55.5 Å². The van der Waals surface area contributed by atoms with Gasteiger partial charge in [-0.1, -0.05) is 30.7 Å². The molecule has 0 radical (unpaired) electrons. The Morgan fingerprint density at radius 1 is 1.00 bits per heavy atom. The molecule has 3 atom stereocenters. The lowest BCUT2D eigenvalue weighted by atomic mass is 9.81. The van der Waals surface area contributed by atoms with Crippen molar-refractivity contribution < 1.29 is 13.6 Å².